The predicted octanol–water partition coefficient (Wildman–Crippen LogP) is 2.68. The maximum atomic E-state index is 10.9. The van der Waals surface area contributed by atoms with Crippen molar-refractivity contribution >= 4 is 25.4 Å². The molecule has 84 valence electrons. The van der Waals surface area contributed by atoms with Gasteiger partial charge in [0.05, 0.1) is 0 Å². The highest BCUT2D eigenvalue weighted by Gasteiger charge is 2.26. The third-order valence-corrected chi connectivity index (χ3v) is 3.49. The van der Waals surface area contributed by atoms with Crippen LogP contribution in [0.15, 0.2) is 0 Å². The molecule has 0 aliphatic rings. The molecule has 1 N–H and O–H groups in total. The quantitative estimate of drug-likeness (QED) is 0.399. The zero-order valence-electron chi connectivity index (χ0n) is 8.83. The zero-order chi connectivity index (χ0) is 10.1. The predicted molar refractivity (Wildman–Crippen MR) is 67.2 cm³/mol. The van der Waals surface area contributed by atoms with Crippen LogP contribution in [0.1, 0.15) is 58.8 Å². The van der Waals surface area contributed by atoms with E-state index in [0.717, 1.165) is 32.1 Å². The lowest BCUT2D eigenvalue weighted by Crippen LogP contribution is -2.02. The summed E-state index contributed by atoms with van der Waals surface area (Å²) in [6.45, 7) is 4.27. The molecule has 4 heteroatoms. The van der Waals surface area contributed by atoms with Crippen molar-refractivity contribution in [2.75, 3.05) is 0 Å². The van der Waals surface area contributed by atoms with E-state index < -0.39 is 8.03 Å². The number of unbranched alkanes of at least 4 members (excludes halogenated alkanes) is 3. The van der Waals surface area contributed by atoms with Crippen molar-refractivity contribution in [2.24, 2.45) is 0 Å². The summed E-state index contributed by atoms with van der Waals surface area (Å²) >= 11 is 0. The van der Waals surface area contributed by atoms with Crippen LogP contribution in [-0.4, -0.2) is 27.9 Å². The molecule has 14 heavy (non-hydrogen) atoms. The van der Waals surface area contributed by atoms with Crippen LogP contribution in [0.2, 0.25) is 0 Å². The van der Waals surface area contributed by atoms with Gasteiger partial charge in [0.25, 0.3) is 0 Å². The molecule has 0 bridgehead atoms. The first-order valence-corrected chi connectivity index (χ1v) is 6.65. The average Bonchev–Trinajstić information content (AvgIpc) is 2.10. The number of hydrogen-bond acceptors (Lipinski definition) is 1. The highest BCUT2D eigenvalue weighted by atomic mass is 31.1. The first-order valence-electron chi connectivity index (χ1n) is 5.37. The molecule has 0 aliphatic heterocycles. The largest absolute Gasteiger partial charge is 0.508 e. The Kier molecular flexibility index (Phi) is 14.2. The van der Waals surface area contributed by atoms with Crippen LogP contribution in [0.5, 0.6) is 0 Å². The van der Waals surface area contributed by atoms with Gasteiger partial charge in [0.1, 0.15) is 0 Å². The standard InChI is InChI=1S/C10H21O2P.Al.3H/c1-3-5-7-9-10(13(11)12)8-6-4-2;;;;/h10H,3-9H2,1-2H3;;;;/p+1. The SMILES string of the molecule is CCCCCC(CCCC)[P+](=O)O.[AlH3]. The maximum Gasteiger partial charge on any atom is 0.508 e. The van der Waals surface area contributed by atoms with E-state index in [0.29, 0.717) is 0 Å². The number of rotatable bonds is 8. The van der Waals surface area contributed by atoms with Crippen LogP contribution in [0.4, 0.5) is 0 Å². The van der Waals surface area contributed by atoms with Crippen LogP contribution in [0.25, 0.3) is 0 Å². The van der Waals surface area contributed by atoms with E-state index >= 15 is 0 Å². The van der Waals surface area contributed by atoms with E-state index in [1.807, 2.05) is 0 Å². The first-order chi connectivity index (χ1) is 6.22. The first kappa shape index (κ1) is 17.0. The van der Waals surface area contributed by atoms with Gasteiger partial charge in [-0.05, 0) is 30.2 Å². The van der Waals surface area contributed by atoms with E-state index in [-0.39, 0.29) is 23.0 Å². The second-order valence-corrected chi connectivity index (χ2v) is 4.93. The molecule has 0 fully saturated rings. The zero-order valence-corrected chi connectivity index (χ0v) is 9.72. The van der Waals surface area contributed by atoms with Gasteiger partial charge in [-0.2, -0.15) is 4.89 Å². The monoisotopic (exact) mass is 235 g/mol. The molecule has 0 aromatic rings. The smallest absolute Gasteiger partial charge is 0.161 e. The van der Waals surface area contributed by atoms with Crippen LogP contribution >= 0.6 is 8.03 Å². The Balaban J connectivity index is 0. The highest BCUT2D eigenvalue weighted by Crippen LogP contribution is 2.31. The van der Waals surface area contributed by atoms with Gasteiger partial charge >= 0.3 is 8.03 Å². The molecular formula is C10H25AlO2P+. The molecule has 2 atom stereocenters. The minimum absolute atomic E-state index is 0. The van der Waals surface area contributed by atoms with Gasteiger partial charge in [-0.1, -0.05) is 33.1 Å². The van der Waals surface area contributed by atoms with Crippen molar-refractivity contribution < 1.29 is 9.46 Å². The summed E-state index contributed by atoms with van der Waals surface area (Å²) in [6, 6.07) is 0. The van der Waals surface area contributed by atoms with Crippen molar-refractivity contribution in [2.45, 2.75) is 64.5 Å². The Labute approximate surface area is 99.5 Å². The van der Waals surface area contributed by atoms with Crippen molar-refractivity contribution in [1.82, 2.24) is 0 Å². The second-order valence-electron chi connectivity index (χ2n) is 3.59. The van der Waals surface area contributed by atoms with Gasteiger partial charge in [-0.25, -0.2) is 0 Å². The molecule has 0 amide bonds. The van der Waals surface area contributed by atoms with Gasteiger partial charge < -0.3 is 0 Å². The van der Waals surface area contributed by atoms with Crippen LogP contribution in [0, 0.1) is 0 Å². The van der Waals surface area contributed by atoms with Crippen molar-refractivity contribution in [1.29, 1.82) is 0 Å². The van der Waals surface area contributed by atoms with E-state index in [9.17, 15) is 4.57 Å². The molecule has 0 radical (unpaired) electrons. The van der Waals surface area contributed by atoms with Crippen LogP contribution in [-0.2, 0) is 4.57 Å². The topological polar surface area (TPSA) is 37.3 Å². The minimum Gasteiger partial charge on any atom is -0.161 e. The molecule has 0 saturated carbocycles. The Hall–Kier alpha value is 0.592. The lowest BCUT2D eigenvalue weighted by atomic mass is 10.1. The summed E-state index contributed by atoms with van der Waals surface area (Å²) in [5.41, 5.74) is 0.0569. The summed E-state index contributed by atoms with van der Waals surface area (Å²) in [4.78, 5) is 9.05. The van der Waals surface area contributed by atoms with Gasteiger partial charge in [0, 0.05) is 0 Å². The summed E-state index contributed by atoms with van der Waals surface area (Å²) in [6.07, 6.45) is 7.53. The molecule has 0 heterocycles. The van der Waals surface area contributed by atoms with E-state index in [1.54, 1.807) is 0 Å². The van der Waals surface area contributed by atoms with Crippen LogP contribution in [0.3, 0.4) is 0 Å². The Morgan fingerprint density at radius 3 is 2.00 bits per heavy atom. The molecule has 0 aliphatic carbocycles. The Morgan fingerprint density at radius 1 is 1.07 bits per heavy atom. The van der Waals surface area contributed by atoms with Gasteiger partial charge in [0.15, 0.2) is 23.0 Å². The maximum absolute atomic E-state index is 10.9. The molecule has 2 unspecified atom stereocenters. The summed E-state index contributed by atoms with van der Waals surface area (Å²) in [5, 5.41) is 0. The molecule has 0 aromatic carbocycles. The molecule has 0 rings (SSSR count). The Bertz CT molecular complexity index is 142. The lowest BCUT2D eigenvalue weighted by molar-refractivity contribution is 0.467. The minimum atomic E-state index is -1.94. The fourth-order valence-electron chi connectivity index (χ4n) is 1.43. The van der Waals surface area contributed by atoms with Crippen LogP contribution < -0.4 is 0 Å². The van der Waals surface area contributed by atoms with E-state index in [2.05, 4.69) is 13.8 Å². The Morgan fingerprint density at radius 2 is 1.57 bits per heavy atom. The third kappa shape index (κ3) is 9.16. The summed E-state index contributed by atoms with van der Waals surface area (Å²) in [7, 11) is -1.94. The molecule has 0 saturated heterocycles. The van der Waals surface area contributed by atoms with Gasteiger partial charge in [-0.3, -0.25) is 0 Å². The van der Waals surface area contributed by atoms with Crippen molar-refractivity contribution in [3.8, 4) is 0 Å². The van der Waals surface area contributed by atoms with E-state index in [1.165, 1.54) is 12.8 Å². The summed E-state index contributed by atoms with van der Waals surface area (Å²) < 4.78 is 10.9. The summed E-state index contributed by atoms with van der Waals surface area (Å²) in [5.74, 6) is 0. The fourth-order valence-corrected chi connectivity index (χ4v) is 2.24. The molecule has 2 nitrogen and oxygen atoms in total. The van der Waals surface area contributed by atoms with Crippen molar-refractivity contribution in [3.63, 3.8) is 0 Å². The van der Waals surface area contributed by atoms with E-state index in [4.69, 9.17) is 4.89 Å². The normalized spacial score (nSPS) is 13.2. The molecular weight excluding hydrogens is 210 g/mol. The number of hydrogen-bond donors (Lipinski definition) is 1. The van der Waals surface area contributed by atoms with Gasteiger partial charge in [-0.15, -0.1) is 0 Å². The van der Waals surface area contributed by atoms with Crippen molar-refractivity contribution in [3.05, 3.63) is 0 Å². The molecule has 0 spiro atoms. The molecule has 0 aromatic heterocycles. The average molecular weight is 235 g/mol. The lowest BCUT2D eigenvalue weighted by Gasteiger charge is -2.02. The fraction of sp³-hybridized carbons (Fsp3) is 1.00. The second kappa shape index (κ2) is 11.7. The highest BCUT2D eigenvalue weighted by molar-refractivity contribution is 7.38. The van der Waals surface area contributed by atoms with Gasteiger partial charge in [0.2, 0.25) is 0 Å². The third-order valence-electron chi connectivity index (χ3n) is 2.34.